The average Bonchev–Trinajstić information content (AvgIpc) is 2.53. The minimum Gasteiger partial charge on any atom is -0.506 e. The molecule has 0 unspecified atom stereocenters. The van der Waals surface area contributed by atoms with Gasteiger partial charge in [-0.05, 0) is 25.0 Å². The average molecular weight is 368 g/mol. The molecule has 0 aliphatic heterocycles. The molecule has 1 aromatic heterocycles. The predicted octanol–water partition coefficient (Wildman–Crippen LogP) is 2.37. The highest BCUT2D eigenvalue weighted by Gasteiger charge is 2.21. The van der Waals surface area contributed by atoms with Crippen LogP contribution in [0.25, 0.3) is 11.0 Å². The third-order valence-electron chi connectivity index (χ3n) is 3.90. The van der Waals surface area contributed by atoms with E-state index >= 15 is 0 Å². The van der Waals surface area contributed by atoms with Crippen LogP contribution in [0.4, 0.5) is 0 Å². The van der Waals surface area contributed by atoms with Gasteiger partial charge in [-0.2, -0.15) is 0 Å². The molecule has 1 atom stereocenters. The number of carboxylic acids is 1. The summed E-state index contributed by atoms with van der Waals surface area (Å²) >= 11 is 5.88. The van der Waals surface area contributed by atoms with Crippen LogP contribution < -0.4 is 10.9 Å². The van der Waals surface area contributed by atoms with Crippen molar-refractivity contribution in [3.05, 3.63) is 38.7 Å². The van der Waals surface area contributed by atoms with Crippen LogP contribution in [0.5, 0.6) is 5.75 Å². The predicted molar refractivity (Wildman–Crippen MR) is 92.1 cm³/mol. The summed E-state index contributed by atoms with van der Waals surface area (Å²) in [6.45, 7) is 3.44. The summed E-state index contributed by atoms with van der Waals surface area (Å²) < 4.78 is 5.14. The number of carbonyl (C=O) groups excluding carboxylic acids is 1. The largest absolute Gasteiger partial charge is 0.506 e. The molecule has 0 aliphatic carbocycles. The van der Waals surface area contributed by atoms with Gasteiger partial charge in [-0.15, -0.1) is 0 Å². The summed E-state index contributed by atoms with van der Waals surface area (Å²) in [5.41, 5.74) is 0.0465. The number of fused-ring (bicyclic) bond motifs is 1. The topological polar surface area (TPSA) is 117 Å². The number of aromatic hydroxyl groups is 1. The molecule has 1 aromatic carbocycles. The fraction of sp³-hybridized carbons (Fsp3) is 0.353. The molecule has 0 saturated carbocycles. The molecule has 8 heteroatoms. The number of benzene rings is 1. The van der Waals surface area contributed by atoms with Crippen molar-refractivity contribution in [1.82, 2.24) is 5.32 Å². The molecule has 1 amide bonds. The molecule has 0 saturated heterocycles. The van der Waals surface area contributed by atoms with Crippen LogP contribution >= 0.6 is 11.6 Å². The number of hydrogen-bond donors (Lipinski definition) is 3. The molecule has 7 nitrogen and oxygen atoms in total. The first-order chi connectivity index (χ1) is 11.7. The van der Waals surface area contributed by atoms with Gasteiger partial charge in [-0.25, -0.2) is 9.59 Å². The van der Waals surface area contributed by atoms with Crippen LogP contribution in [0.2, 0.25) is 5.02 Å². The summed E-state index contributed by atoms with van der Waals surface area (Å²) in [4.78, 5) is 35.4. The zero-order valence-corrected chi connectivity index (χ0v) is 14.5. The summed E-state index contributed by atoms with van der Waals surface area (Å²) in [7, 11) is 0. The molecule has 0 radical (unpaired) electrons. The molecule has 0 fully saturated rings. The number of hydrogen-bond acceptors (Lipinski definition) is 5. The zero-order chi connectivity index (χ0) is 18.7. The SMILES string of the molecule is CCC[C@@H](NC(=O)Cc1c(C)c2cc(Cl)c(O)cc2oc1=O)C(=O)O. The van der Waals surface area contributed by atoms with E-state index in [9.17, 15) is 19.5 Å². The molecule has 0 bridgehead atoms. The van der Waals surface area contributed by atoms with Crippen LogP contribution in [-0.4, -0.2) is 28.1 Å². The summed E-state index contributed by atoms with van der Waals surface area (Å²) in [6, 6.07) is 1.68. The second kappa shape index (κ2) is 7.57. The quantitative estimate of drug-likeness (QED) is 0.675. The Morgan fingerprint density at radius 3 is 2.64 bits per heavy atom. The Hall–Kier alpha value is -2.54. The Morgan fingerprint density at radius 1 is 1.36 bits per heavy atom. The van der Waals surface area contributed by atoms with E-state index in [-0.39, 0.29) is 28.3 Å². The zero-order valence-electron chi connectivity index (χ0n) is 13.8. The molecule has 134 valence electrons. The number of carbonyl (C=O) groups is 2. The van der Waals surface area contributed by atoms with Gasteiger partial charge < -0.3 is 19.9 Å². The van der Waals surface area contributed by atoms with Gasteiger partial charge in [0.1, 0.15) is 17.4 Å². The molecule has 2 rings (SSSR count). The lowest BCUT2D eigenvalue weighted by Gasteiger charge is -2.14. The number of carboxylic acid groups (broad SMARTS) is 1. The Balaban J connectivity index is 2.35. The maximum Gasteiger partial charge on any atom is 0.340 e. The van der Waals surface area contributed by atoms with Gasteiger partial charge in [-0.3, -0.25) is 4.79 Å². The lowest BCUT2D eigenvalue weighted by atomic mass is 10.0. The summed E-state index contributed by atoms with van der Waals surface area (Å²) in [6.07, 6.45) is 0.577. The van der Waals surface area contributed by atoms with Gasteiger partial charge in [0.15, 0.2) is 0 Å². The highest BCUT2D eigenvalue weighted by molar-refractivity contribution is 6.32. The number of aliphatic carboxylic acids is 1. The van der Waals surface area contributed by atoms with Gasteiger partial charge in [0.25, 0.3) is 0 Å². The summed E-state index contributed by atoms with van der Waals surface area (Å²) in [5, 5.41) is 21.7. The van der Waals surface area contributed by atoms with Crippen molar-refractivity contribution < 1.29 is 24.2 Å². The number of rotatable bonds is 6. The Morgan fingerprint density at radius 2 is 2.04 bits per heavy atom. The van der Waals surface area contributed by atoms with Crippen molar-refractivity contribution in [1.29, 1.82) is 0 Å². The van der Waals surface area contributed by atoms with Gasteiger partial charge in [0.05, 0.1) is 17.0 Å². The van der Waals surface area contributed by atoms with Crippen molar-refractivity contribution >= 4 is 34.4 Å². The van der Waals surface area contributed by atoms with Gasteiger partial charge >= 0.3 is 11.6 Å². The van der Waals surface area contributed by atoms with Crippen LogP contribution in [0.3, 0.4) is 0 Å². The van der Waals surface area contributed by atoms with Crippen molar-refractivity contribution in [2.45, 2.75) is 39.2 Å². The first-order valence-corrected chi connectivity index (χ1v) is 8.09. The van der Waals surface area contributed by atoms with Gasteiger partial charge in [0, 0.05) is 11.5 Å². The highest BCUT2D eigenvalue weighted by Crippen LogP contribution is 2.30. The first-order valence-electron chi connectivity index (χ1n) is 7.71. The minimum atomic E-state index is -1.13. The number of halogens is 1. The molecule has 2 aromatic rings. The van der Waals surface area contributed by atoms with Crippen molar-refractivity contribution in [3.8, 4) is 5.75 Å². The number of aryl methyl sites for hydroxylation is 1. The summed E-state index contributed by atoms with van der Waals surface area (Å²) in [5.74, 6) is -1.92. The fourth-order valence-corrected chi connectivity index (χ4v) is 2.72. The van der Waals surface area contributed by atoms with E-state index in [2.05, 4.69) is 5.32 Å². The lowest BCUT2D eigenvalue weighted by Crippen LogP contribution is -2.41. The monoisotopic (exact) mass is 367 g/mol. The van der Waals surface area contributed by atoms with Crippen LogP contribution in [0.15, 0.2) is 21.3 Å². The fourth-order valence-electron chi connectivity index (χ4n) is 2.55. The molecule has 25 heavy (non-hydrogen) atoms. The van der Waals surface area contributed by atoms with Crippen LogP contribution in [0, 0.1) is 6.92 Å². The Bertz CT molecular complexity index is 889. The number of amides is 1. The van der Waals surface area contributed by atoms with Gasteiger partial charge in [0.2, 0.25) is 5.91 Å². The number of phenolic OH excluding ortho intramolecular Hbond substituents is 1. The molecular formula is C17H18ClNO6. The Labute approximate surface area is 148 Å². The van der Waals surface area contributed by atoms with Crippen molar-refractivity contribution in [2.24, 2.45) is 0 Å². The maximum atomic E-state index is 12.2. The van der Waals surface area contributed by atoms with E-state index < -0.39 is 23.5 Å². The van der Waals surface area contributed by atoms with Gasteiger partial charge in [-0.1, -0.05) is 24.9 Å². The van der Waals surface area contributed by atoms with E-state index in [1.165, 1.54) is 12.1 Å². The van der Waals surface area contributed by atoms with E-state index in [1.54, 1.807) is 6.92 Å². The molecule has 0 spiro atoms. The number of phenols is 1. The van der Waals surface area contributed by atoms with Crippen LogP contribution in [-0.2, 0) is 16.0 Å². The van der Waals surface area contributed by atoms with E-state index in [4.69, 9.17) is 21.1 Å². The van der Waals surface area contributed by atoms with E-state index in [0.717, 1.165) is 0 Å². The van der Waals surface area contributed by atoms with Crippen molar-refractivity contribution in [3.63, 3.8) is 0 Å². The second-order valence-corrected chi connectivity index (χ2v) is 6.12. The molecule has 0 aliphatic rings. The standard InChI is InChI=1S/C17H18ClNO6/c1-3-4-12(16(22)23)19-15(21)6-10-8(2)9-5-11(18)13(20)7-14(9)25-17(10)24/h5,7,12,20H,3-4,6H2,1-2H3,(H,19,21)(H,22,23)/t12-/m1/s1. The normalized spacial score (nSPS) is 12.1. The molecule has 1 heterocycles. The Kier molecular flexibility index (Phi) is 5.69. The molecular weight excluding hydrogens is 350 g/mol. The maximum absolute atomic E-state index is 12.2. The number of nitrogens with one attached hydrogen (secondary N) is 1. The second-order valence-electron chi connectivity index (χ2n) is 5.72. The van der Waals surface area contributed by atoms with E-state index in [1.807, 2.05) is 6.92 Å². The first kappa shape index (κ1) is 18.8. The highest BCUT2D eigenvalue weighted by atomic mass is 35.5. The van der Waals surface area contributed by atoms with Crippen LogP contribution in [0.1, 0.15) is 30.9 Å². The van der Waals surface area contributed by atoms with Crippen molar-refractivity contribution in [2.75, 3.05) is 0 Å². The smallest absolute Gasteiger partial charge is 0.340 e. The lowest BCUT2D eigenvalue weighted by molar-refractivity contribution is -0.141. The minimum absolute atomic E-state index is 0.0914. The molecule has 3 N–H and O–H groups in total. The van der Waals surface area contributed by atoms with E-state index in [0.29, 0.717) is 23.8 Å². The third kappa shape index (κ3) is 4.11. The third-order valence-corrected chi connectivity index (χ3v) is 4.21.